The first kappa shape index (κ1) is 15.1. The van der Waals surface area contributed by atoms with Gasteiger partial charge in [0.05, 0.1) is 0 Å². The summed E-state index contributed by atoms with van der Waals surface area (Å²) in [4.78, 5) is 29.0. The second kappa shape index (κ2) is 5.87. The third-order valence-corrected chi connectivity index (χ3v) is 4.26. The molecule has 0 radical (unpaired) electrons. The van der Waals surface area contributed by atoms with Crippen molar-refractivity contribution in [3.8, 4) is 0 Å². The molecule has 4 rings (SSSR count). The van der Waals surface area contributed by atoms with Gasteiger partial charge in [0, 0.05) is 47.7 Å². The average Bonchev–Trinajstić information content (AvgIpc) is 2.64. The van der Waals surface area contributed by atoms with Crippen LogP contribution in [0.2, 0.25) is 0 Å². The molecule has 1 amide bonds. The van der Waals surface area contributed by atoms with Gasteiger partial charge in [-0.3, -0.25) is 14.6 Å². The van der Waals surface area contributed by atoms with Gasteiger partial charge in [-0.2, -0.15) is 0 Å². The highest BCUT2D eigenvalue weighted by atomic mass is 16.1. The van der Waals surface area contributed by atoms with Crippen LogP contribution in [0.15, 0.2) is 71.9 Å². The third kappa shape index (κ3) is 2.65. The summed E-state index contributed by atoms with van der Waals surface area (Å²) in [5.74, 6) is -0.219. The van der Waals surface area contributed by atoms with E-state index in [2.05, 4.69) is 10.3 Å². The van der Waals surface area contributed by atoms with Gasteiger partial charge in [0.15, 0.2) is 0 Å². The lowest BCUT2D eigenvalue weighted by Gasteiger charge is -2.09. The Kier molecular flexibility index (Phi) is 3.54. The quantitative estimate of drug-likeness (QED) is 0.613. The number of rotatable bonds is 2. The summed E-state index contributed by atoms with van der Waals surface area (Å²) >= 11 is 0. The van der Waals surface area contributed by atoms with Gasteiger partial charge in [-0.15, -0.1) is 0 Å². The molecule has 2 aromatic carbocycles. The van der Waals surface area contributed by atoms with Crippen LogP contribution in [-0.4, -0.2) is 15.5 Å². The first-order valence-corrected chi connectivity index (χ1v) is 7.87. The number of anilines is 1. The summed E-state index contributed by atoms with van der Waals surface area (Å²) in [6.45, 7) is 0. The minimum atomic E-state index is -0.219. The van der Waals surface area contributed by atoms with Crippen LogP contribution in [0.3, 0.4) is 0 Å². The number of fused-ring (bicyclic) bond motifs is 2. The summed E-state index contributed by atoms with van der Waals surface area (Å²) in [6, 6.07) is 14.6. The van der Waals surface area contributed by atoms with E-state index < -0.39 is 0 Å². The molecule has 4 aromatic rings. The second-order valence-electron chi connectivity index (χ2n) is 5.89. The molecule has 0 fully saturated rings. The number of pyridine rings is 2. The van der Waals surface area contributed by atoms with Crippen LogP contribution in [0.5, 0.6) is 0 Å². The van der Waals surface area contributed by atoms with E-state index in [1.54, 1.807) is 43.8 Å². The molecule has 0 aliphatic heterocycles. The fourth-order valence-electron chi connectivity index (χ4n) is 2.93. The maximum Gasteiger partial charge on any atom is 0.258 e. The molecule has 122 valence electrons. The number of aryl methyl sites for hydroxylation is 1. The van der Waals surface area contributed by atoms with E-state index in [4.69, 9.17) is 0 Å². The summed E-state index contributed by atoms with van der Waals surface area (Å²) in [7, 11) is 1.71. The summed E-state index contributed by atoms with van der Waals surface area (Å²) in [5.41, 5.74) is 1.07. The molecule has 2 aromatic heterocycles. The van der Waals surface area contributed by atoms with Crippen molar-refractivity contribution in [1.29, 1.82) is 0 Å². The van der Waals surface area contributed by atoms with Crippen molar-refractivity contribution >= 4 is 33.1 Å². The Bertz CT molecular complexity index is 1170. The number of nitrogens with zero attached hydrogens (tertiary/aromatic N) is 2. The molecule has 0 spiro atoms. The summed E-state index contributed by atoms with van der Waals surface area (Å²) in [6.07, 6.45) is 5.12. The van der Waals surface area contributed by atoms with Gasteiger partial charge in [0.1, 0.15) is 0 Å². The zero-order chi connectivity index (χ0) is 17.4. The molecular formula is C20H15N3O2. The molecule has 0 atom stereocenters. The minimum absolute atomic E-state index is 0.0927. The van der Waals surface area contributed by atoms with Crippen LogP contribution in [0.4, 0.5) is 5.69 Å². The first-order valence-electron chi connectivity index (χ1n) is 7.87. The zero-order valence-electron chi connectivity index (χ0n) is 13.6. The van der Waals surface area contributed by atoms with Crippen LogP contribution >= 0.6 is 0 Å². The number of nitrogens with one attached hydrogen (secondary N) is 1. The molecule has 0 unspecified atom stereocenters. The summed E-state index contributed by atoms with van der Waals surface area (Å²) < 4.78 is 1.52. The predicted octanol–water partition coefficient (Wildman–Crippen LogP) is 3.34. The lowest BCUT2D eigenvalue weighted by molar-refractivity contribution is 0.102. The Labute approximate surface area is 143 Å². The lowest BCUT2D eigenvalue weighted by Crippen LogP contribution is -2.16. The maximum atomic E-state index is 12.7. The number of amides is 1. The topological polar surface area (TPSA) is 64.0 Å². The molecule has 5 heteroatoms. The number of hydrogen-bond donors (Lipinski definition) is 1. The highest BCUT2D eigenvalue weighted by Crippen LogP contribution is 2.20. The minimum Gasteiger partial charge on any atom is -0.322 e. The van der Waals surface area contributed by atoms with Crippen LogP contribution in [0.25, 0.3) is 21.5 Å². The number of carbonyl (C=O) groups is 1. The number of hydrogen-bond acceptors (Lipinski definition) is 3. The standard InChI is InChI=1S/C20H15N3O2/c1-23-10-8-13-5-6-15(11-18(13)20(23)25)22-19(24)17-4-2-3-14-12-21-9-7-16(14)17/h2-12H,1H3,(H,22,24). The van der Waals surface area contributed by atoms with Crippen molar-refractivity contribution in [2.24, 2.45) is 7.05 Å². The Balaban J connectivity index is 1.74. The molecular weight excluding hydrogens is 314 g/mol. The predicted molar refractivity (Wildman–Crippen MR) is 98.9 cm³/mol. The molecule has 25 heavy (non-hydrogen) atoms. The second-order valence-corrected chi connectivity index (χ2v) is 5.89. The molecule has 0 saturated heterocycles. The molecule has 0 aliphatic rings. The largest absolute Gasteiger partial charge is 0.322 e. The Morgan fingerprint density at radius 1 is 1.04 bits per heavy atom. The molecule has 0 saturated carbocycles. The van der Waals surface area contributed by atoms with Crippen molar-refractivity contribution in [3.05, 3.63) is 83.0 Å². The molecule has 1 N–H and O–H groups in total. The smallest absolute Gasteiger partial charge is 0.258 e. The molecule has 5 nitrogen and oxygen atoms in total. The Hall–Kier alpha value is -3.47. The van der Waals surface area contributed by atoms with Crippen molar-refractivity contribution in [2.45, 2.75) is 0 Å². The van der Waals surface area contributed by atoms with E-state index in [1.165, 1.54) is 4.57 Å². The van der Waals surface area contributed by atoms with Gasteiger partial charge >= 0.3 is 0 Å². The third-order valence-electron chi connectivity index (χ3n) is 4.26. The number of aromatic nitrogens is 2. The fourth-order valence-corrected chi connectivity index (χ4v) is 2.93. The van der Waals surface area contributed by atoms with Crippen LogP contribution < -0.4 is 10.9 Å². The zero-order valence-corrected chi connectivity index (χ0v) is 13.6. The monoisotopic (exact) mass is 329 g/mol. The van der Waals surface area contributed by atoms with E-state index in [9.17, 15) is 9.59 Å². The number of benzene rings is 2. The van der Waals surface area contributed by atoms with Crippen LogP contribution in [0.1, 0.15) is 10.4 Å². The number of carbonyl (C=O) groups excluding carboxylic acids is 1. The SMILES string of the molecule is Cn1ccc2ccc(NC(=O)c3cccc4cnccc34)cc2c1=O. The van der Waals surface area contributed by atoms with Crippen molar-refractivity contribution in [2.75, 3.05) is 5.32 Å². The maximum absolute atomic E-state index is 12.7. The fraction of sp³-hybridized carbons (Fsp3) is 0.0500. The van der Waals surface area contributed by atoms with Crippen LogP contribution in [-0.2, 0) is 7.05 Å². The van der Waals surface area contributed by atoms with E-state index in [0.717, 1.165) is 16.2 Å². The van der Waals surface area contributed by atoms with E-state index in [-0.39, 0.29) is 11.5 Å². The Morgan fingerprint density at radius 3 is 2.80 bits per heavy atom. The van der Waals surface area contributed by atoms with Crippen molar-refractivity contribution < 1.29 is 4.79 Å². The Morgan fingerprint density at radius 2 is 1.92 bits per heavy atom. The van der Waals surface area contributed by atoms with Gasteiger partial charge in [-0.25, -0.2) is 0 Å². The van der Waals surface area contributed by atoms with Crippen molar-refractivity contribution in [1.82, 2.24) is 9.55 Å². The molecule has 0 bridgehead atoms. The van der Waals surface area contributed by atoms with Crippen molar-refractivity contribution in [3.63, 3.8) is 0 Å². The van der Waals surface area contributed by atoms with Gasteiger partial charge in [0.25, 0.3) is 11.5 Å². The van der Waals surface area contributed by atoms with Gasteiger partial charge < -0.3 is 9.88 Å². The van der Waals surface area contributed by atoms with E-state index in [1.807, 2.05) is 30.3 Å². The lowest BCUT2D eigenvalue weighted by atomic mass is 10.1. The van der Waals surface area contributed by atoms with Gasteiger partial charge in [-0.1, -0.05) is 18.2 Å². The highest BCUT2D eigenvalue weighted by molar-refractivity contribution is 6.13. The molecule has 2 heterocycles. The highest BCUT2D eigenvalue weighted by Gasteiger charge is 2.11. The average molecular weight is 329 g/mol. The van der Waals surface area contributed by atoms with Gasteiger partial charge in [0.2, 0.25) is 0 Å². The van der Waals surface area contributed by atoms with E-state index in [0.29, 0.717) is 16.6 Å². The van der Waals surface area contributed by atoms with E-state index >= 15 is 0 Å². The normalized spacial score (nSPS) is 10.9. The van der Waals surface area contributed by atoms with Crippen LogP contribution in [0, 0.1) is 0 Å². The molecule has 0 aliphatic carbocycles. The first-order chi connectivity index (χ1) is 12.1. The summed E-state index contributed by atoms with van der Waals surface area (Å²) in [5, 5.41) is 6.05. The van der Waals surface area contributed by atoms with Gasteiger partial charge in [-0.05, 0) is 41.1 Å².